The number of likely N-dealkylation sites (N-methyl/N-ethyl adjacent to an activating group) is 1. The van der Waals surface area contributed by atoms with Crippen LogP contribution in [0.3, 0.4) is 0 Å². The van der Waals surface area contributed by atoms with E-state index in [0.717, 1.165) is 23.9 Å². The third kappa shape index (κ3) is 4.23. The molecular weight excluding hydrogens is 238 g/mol. The van der Waals surface area contributed by atoms with Gasteiger partial charge in [0.2, 0.25) is 0 Å². The highest BCUT2D eigenvalue weighted by molar-refractivity contribution is 7.15. The Kier molecular flexibility index (Phi) is 6.43. The van der Waals surface area contributed by atoms with Gasteiger partial charge in [-0.3, -0.25) is 0 Å². The summed E-state index contributed by atoms with van der Waals surface area (Å²) in [4.78, 5) is 7.93. The summed E-state index contributed by atoms with van der Waals surface area (Å²) in [6, 6.07) is 0. The van der Waals surface area contributed by atoms with Gasteiger partial charge in [-0.2, -0.15) is 0 Å². The Morgan fingerprint density at radius 1 is 1.35 bits per heavy atom. The summed E-state index contributed by atoms with van der Waals surface area (Å²) in [5.74, 6) is 0. The van der Waals surface area contributed by atoms with Gasteiger partial charge in [-0.05, 0) is 7.05 Å². The van der Waals surface area contributed by atoms with Crippen LogP contribution in [0.15, 0.2) is 0 Å². The van der Waals surface area contributed by atoms with Crippen molar-refractivity contribution in [2.75, 3.05) is 46.4 Å². The van der Waals surface area contributed by atoms with E-state index in [9.17, 15) is 0 Å². The highest BCUT2D eigenvalue weighted by Gasteiger charge is 2.13. The van der Waals surface area contributed by atoms with Gasteiger partial charge in [0.15, 0.2) is 5.13 Å². The van der Waals surface area contributed by atoms with Gasteiger partial charge in [0.1, 0.15) is 0 Å². The summed E-state index contributed by atoms with van der Waals surface area (Å²) in [6.45, 7) is 2.94. The Balaban J connectivity index is 2.75. The number of thiazole rings is 1. The second kappa shape index (κ2) is 7.60. The van der Waals surface area contributed by atoms with Gasteiger partial charge >= 0.3 is 0 Å². The first-order valence-corrected chi connectivity index (χ1v) is 6.36. The third-order valence-electron chi connectivity index (χ3n) is 2.34. The van der Waals surface area contributed by atoms with Gasteiger partial charge in [0.05, 0.1) is 18.9 Å². The Morgan fingerprint density at radius 2 is 2.12 bits per heavy atom. The Morgan fingerprint density at radius 3 is 2.71 bits per heavy atom. The minimum absolute atomic E-state index is 0.561. The van der Waals surface area contributed by atoms with Gasteiger partial charge in [-0.1, -0.05) is 0 Å². The quantitative estimate of drug-likeness (QED) is 0.757. The van der Waals surface area contributed by atoms with Crippen molar-refractivity contribution >= 4 is 16.5 Å². The minimum atomic E-state index is 0.561. The van der Waals surface area contributed by atoms with Crippen LogP contribution >= 0.6 is 11.3 Å². The molecule has 6 heteroatoms. The van der Waals surface area contributed by atoms with Crippen LogP contribution in [-0.2, 0) is 22.6 Å². The molecule has 98 valence electrons. The van der Waals surface area contributed by atoms with Crippen LogP contribution in [0.1, 0.15) is 10.6 Å². The predicted molar refractivity (Wildman–Crippen MR) is 70.7 cm³/mol. The lowest BCUT2D eigenvalue weighted by molar-refractivity contribution is 0.181. The van der Waals surface area contributed by atoms with E-state index < -0.39 is 0 Å². The van der Waals surface area contributed by atoms with Crippen molar-refractivity contribution < 1.29 is 9.47 Å². The third-order valence-corrected chi connectivity index (χ3v) is 3.55. The lowest BCUT2D eigenvalue weighted by atomic mass is 10.4. The fourth-order valence-electron chi connectivity index (χ4n) is 1.41. The summed E-state index contributed by atoms with van der Waals surface area (Å²) in [6.07, 6.45) is 0. The molecule has 0 aliphatic heterocycles. The summed E-state index contributed by atoms with van der Waals surface area (Å²) < 4.78 is 10.2. The zero-order valence-corrected chi connectivity index (χ0v) is 11.8. The average Bonchev–Trinajstić information content (AvgIpc) is 2.71. The molecule has 0 fully saturated rings. The van der Waals surface area contributed by atoms with Crippen LogP contribution < -0.4 is 10.2 Å². The maximum atomic E-state index is 5.16. The SMILES string of the molecule is CNCc1sc(N(C)CCOC)nc1COC. The molecule has 0 radical (unpaired) electrons. The van der Waals surface area contributed by atoms with E-state index in [4.69, 9.17) is 9.47 Å². The van der Waals surface area contributed by atoms with E-state index in [1.54, 1.807) is 25.6 Å². The van der Waals surface area contributed by atoms with E-state index in [-0.39, 0.29) is 0 Å². The molecule has 1 aromatic heterocycles. The van der Waals surface area contributed by atoms with Crippen LogP contribution in [0.4, 0.5) is 5.13 Å². The molecular formula is C11H21N3O2S. The number of rotatable bonds is 8. The van der Waals surface area contributed by atoms with Crippen LogP contribution in [0.5, 0.6) is 0 Å². The molecule has 0 aliphatic carbocycles. The summed E-state index contributed by atoms with van der Waals surface area (Å²) in [5, 5.41) is 4.16. The van der Waals surface area contributed by atoms with Gasteiger partial charge in [-0.25, -0.2) is 4.98 Å². The van der Waals surface area contributed by atoms with Crippen LogP contribution in [0.2, 0.25) is 0 Å². The largest absolute Gasteiger partial charge is 0.383 e. The predicted octanol–water partition coefficient (Wildman–Crippen LogP) is 1.09. The van der Waals surface area contributed by atoms with Crippen LogP contribution in [0.25, 0.3) is 0 Å². The Hall–Kier alpha value is -0.690. The van der Waals surface area contributed by atoms with Gasteiger partial charge < -0.3 is 19.7 Å². The molecule has 1 N–H and O–H groups in total. The van der Waals surface area contributed by atoms with E-state index in [0.29, 0.717) is 13.2 Å². The molecule has 0 bridgehead atoms. The van der Waals surface area contributed by atoms with Crippen molar-refractivity contribution in [1.82, 2.24) is 10.3 Å². The molecule has 0 amide bonds. The molecule has 0 saturated heterocycles. The molecule has 5 nitrogen and oxygen atoms in total. The fourth-order valence-corrected chi connectivity index (χ4v) is 2.47. The lowest BCUT2D eigenvalue weighted by Crippen LogP contribution is -2.21. The second-order valence-electron chi connectivity index (χ2n) is 3.74. The number of aromatic nitrogens is 1. The normalized spacial score (nSPS) is 10.8. The molecule has 0 atom stereocenters. The van der Waals surface area contributed by atoms with Crippen molar-refractivity contribution in [3.8, 4) is 0 Å². The molecule has 1 heterocycles. The number of nitrogens with zero attached hydrogens (tertiary/aromatic N) is 2. The first kappa shape index (κ1) is 14.4. The van der Waals surface area contributed by atoms with Gasteiger partial charge in [0, 0.05) is 39.2 Å². The standard InChI is InChI=1S/C11H21N3O2S/c1-12-7-10-9(8-16-4)13-11(17-10)14(2)5-6-15-3/h12H,5-8H2,1-4H3. The van der Waals surface area contributed by atoms with Crippen molar-refractivity contribution in [3.05, 3.63) is 10.6 Å². The number of hydrogen-bond acceptors (Lipinski definition) is 6. The molecule has 0 aromatic carbocycles. The summed E-state index contributed by atoms with van der Waals surface area (Å²) in [7, 11) is 7.36. The highest BCUT2D eigenvalue weighted by atomic mass is 32.1. The zero-order chi connectivity index (χ0) is 12.7. The van der Waals surface area contributed by atoms with Gasteiger partial charge in [-0.15, -0.1) is 11.3 Å². The fraction of sp³-hybridized carbons (Fsp3) is 0.727. The smallest absolute Gasteiger partial charge is 0.185 e. The monoisotopic (exact) mass is 259 g/mol. The molecule has 17 heavy (non-hydrogen) atoms. The summed E-state index contributed by atoms with van der Waals surface area (Å²) >= 11 is 1.70. The van der Waals surface area contributed by atoms with E-state index in [1.807, 2.05) is 14.1 Å². The number of nitrogens with one attached hydrogen (secondary N) is 1. The molecule has 0 saturated carbocycles. The first-order valence-electron chi connectivity index (χ1n) is 5.55. The van der Waals surface area contributed by atoms with Crippen molar-refractivity contribution in [1.29, 1.82) is 0 Å². The van der Waals surface area contributed by atoms with E-state index in [1.165, 1.54) is 4.88 Å². The van der Waals surface area contributed by atoms with Crippen LogP contribution in [0, 0.1) is 0 Å². The highest BCUT2D eigenvalue weighted by Crippen LogP contribution is 2.26. The number of methoxy groups -OCH3 is 2. The second-order valence-corrected chi connectivity index (χ2v) is 4.81. The minimum Gasteiger partial charge on any atom is -0.383 e. The van der Waals surface area contributed by atoms with Crippen LogP contribution in [-0.4, -0.2) is 46.5 Å². The van der Waals surface area contributed by atoms with Crippen molar-refractivity contribution in [3.63, 3.8) is 0 Å². The molecule has 0 aliphatic rings. The number of hydrogen-bond donors (Lipinski definition) is 1. The maximum absolute atomic E-state index is 5.16. The average molecular weight is 259 g/mol. The molecule has 1 aromatic rings. The first-order chi connectivity index (χ1) is 8.22. The Labute approximate surface area is 107 Å². The lowest BCUT2D eigenvalue weighted by Gasteiger charge is -2.14. The molecule has 1 rings (SSSR count). The zero-order valence-electron chi connectivity index (χ0n) is 10.9. The molecule has 0 spiro atoms. The Bertz CT molecular complexity index is 307. The maximum Gasteiger partial charge on any atom is 0.185 e. The molecule has 0 unspecified atom stereocenters. The van der Waals surface area contributed by atoms with Crippen molar-refractivity contribution in [2.45, 2.75) is 13.2 Å². The van der Waals surface area contributed by atoms with Gasteiger partial charge in [0.25, 0.3) is 0 Å². The topological polar surface area (TPSA) is 46.6 Å². The number of ether oxygens (including phenoxy) is 2. The van der Waals surface area contributed by atoms with E-state index in [2.05, 4.69) is 15.2 Å². The van der Waals surface area contributed by atoms with E-state index >= 15 is 0 Å². The van der Waals surface area contributed by atoms with Crippen molar-refractivity contribution in [2.24, 2.45) is 0 Å². The summed E-state index contributed by atoms with van der Waals surface area (Å²) in [5.41, 5.74) is 1.02. The number of anilines is 1.